The molecule has 0 unspecified atom stereocenters. The van der Waals surface area contributed by atoms with Gasteiger partial charge in [-0.25, -0.2) is 0 Å². The van der Waals surface area contributed by atoms with Crippen molar-refractivity contribution in [2.45, 2.75) is 0 Å². The van der Waals surface area contributed by atoms with Crippen LogP contribution in [0.25, 0.3) is 0 Å². The van der Waals surface area contributed by atoms with Gasteiger partial charge in [0.1, 0.15) is 34.6 Å². The molecule has 8 nitrogen and oxygen atoms in total. The Balaban J connectivity index is 0.00000364. The molecule has 5 aromatic carbocycles. The maximum Gasteiger partial charge on any atom is 2.00 e. The summed E-state index contributed by atoms with van der Waals surface area (Å²) in [5.41, 5.74) is 3.54. The summed E-state index contributed by atoms with van der Waals surface area (Å²) in [6.07, 6.45) is 0.539. The van der Waals surface area contributed by atoms with Gasteiger partial charge in [0.25, 0.3) is 0 Å². The van der Waals surface area contributed by atoms with Gasteiger partial charge in [0.05, 0.1) is 6.61 Å². The number of hydrogen-bond donors (Lipinski definition) is 3. The Kier molecular flexibility index (Phi) is 18.1. The molecule has 3 N–H and O–H groups in total. The molecule has 0 fully saturated rings. The van der Waals surface area contributed by atoms with Gasteiger partial charge in [-0.2, -0.15) is 10.2 Å². The van der Waals surface area contributed by atoms with E-state index in [0.29, 0.717) is 30.9 Å². The van der Waals surface area contributed by atoms with Crippen LogP contribution >= 0.6 is 7.26 Å². The Morgan fingerprint density at radius 3 is 1.44 bits per heavy atom. The summed E-state index contributed by atoms with van der Waals surface area (Å²) in [5, 5.41) is 31.1. The third kappa shape index (κ3) is 11.3. The van der Waals surface area contributed by atoms with Gasteiger partial charge in [-0.3, -0.25) is 0 Å². The summed E-state index contributed by atoms with van der Waals surface area (Å²) in [5.74, 6) is 0. The first-order valence-electron chi connectivity index (χ1n) is 16.1. The zero-order valence-electron chi connectivity index (χ0n) is 28.6. The van der Waals surface area contributed by atoms with Crippen LogP contribution in [0.5, 0.6) is 0 Å². The fourth-order valence-corrected chi connectivity index (χ4v) is 9.27. The molecule has 0 aliphatic rings. The number of anilines is 1. The van der Waals surface area contributed by atoms with Crippen LogP contribution in [0.1, 0.15) is 11.1 Å². The molecule has 0 amide bonds. The number of halogens is 1. The van der Waals surface area contributed by atoms with E-state index in [-0.39, 0.29) is 44.4 Å². The second kappa shape index (κ2) is 22.2. The standard InChI is InChI=1S/C39H40N7OPS2.BrH.Cu/c1-40-32-25-23-31(24-26-32)37(43-45-38(49)41-2)36(30-15-7-3-8-16-30)44-46-39(50)42-27-28-47-29-48(33-17-9-4-10-18-33,34-19-11-5-12-20-34)35-21-13-6-14-22-35;;/h3-26H,27-29H2,1-2H3,(H4-,40,41,42,43,44,45,46,49,50);1H;/q;;+2/p-2. The SMILES string of the molecule is CNC([S-])=NN=C(C(=NN=C([S-])NCCOC[P+](c1ccccc1)(c1ccccc1)c1ccccc1)c1ccccc1)c1ccc(NC)cc1.[Br-].[Cu+2]. The quantitative estimate of drug-likeness (QED) is 0.0303. The van der Waals surface area contributed by atoms with E-state index in [2.05, 4.69) is 127 Å². The molecule has 5 rings (SSSR count). The topological polar surface area (TPSA) is 94.8 Å². The number of nitrogens with one attached hydrogen (secondary N) is 3. The Bertz CT molecular complexity index is 1820. The van der Waals surface area contributed by atoms with Crippen LogP contribution in [0, 0.1) is 0 Å². The first-order chi connectivity index (χ1) is 24.5. The predicted octanol–water partition coefficient (Wildman–Crippen LogP) is 2.42. The van der Waals surface area contributed by atoms with Crippen LogP contribution < -0.4 is 48.8 Å². The number of nitrogens with zero attached hydrogens (tertiary/aromatic N) is 4. The van der Waals surface area contributed by atoms with E-state index in [9.17, 15) is 0 Å². The van der Waals surface area contributed by atoms with Gasteiger partial charge in [0.15, 0.2) is 6.35 Å². The fraction of sp³-hybridized carbons (Fsp3) is 0.128. The number of rotatable bonds is 14. The van der Waals surface area contributed by atoms with E-state index >= 15 is 0 Å². The first kappa shape index (κ1) is 42.4. The van der Waals surface area contributed by atoms with Gasteiger partial charge in [0, 0.05) is 37.5 Å². The molecule has 0 atom stereocenters. The van der Waals surface area contributed by atoms with E-state index in [4.69, 9.17) is 30.0 Å². The second-order valence-corrected chi connectivity index (χ2v) is 15.1. The molecule has 0 aliphatic carbocycles. The molecule has 1 radical (unpaired) electrons. The molecule has 0 aliphatic heterocycles. The van der Waals surface area contributed by atoms with Gasteiger partial charge in [-0.1, -0.05) is 97.1 Å². The van der Waals surface area contributed by atoms with Crippen molar-refractivity contribution in [2.24, 2.45) is 20.4 Å². The molecule has 13 heteroatoms. The van der Waals surface area contributed by atoms with Crippen molar-refractivity contribution in [1.82, 2.24) is 10.6 Å². The van der Waals surface area contributed by atoms with Crippen LogP contribution in [-0.4, -0.2) is 55.4 Å². The van der Waals surface area contributed by atoms with Crippen molar-refractivity contribution in [3.63, 3.8) is 0 Å². The molecule has 5 aromatic rings. The Hall–Kier alpha value is -3.99. The fourth-order valence-electron chi connectivity index (χ4n) is 5.30. The molecule has 0 saturated carbocycles. The maximum atomic E-state index is 6.48. The molecule has 0 saturated heterocycles. The molecule has 52 heavy (non-hydrogen) atoms. The van der Waals surface area contributed by atoms with Gasteiger partial charge >= 0.3 is 17.1 Å². The largest absolute Gasteiger partial charge is 2.00 e. The molecule has 0 spiro atoms. The Morgan fingerprint density at radius 1 is 0.577 bits per heavy atom. The predicted molar refractivity (Wildman–Crippen MR) is 218 cm³/mol. The summed E-state index contributed by atoms with van der Waals surface area (Å²) in [4.78, 5) is 0. The van der Waals surface area contributed by atoms with Gasteiger partial charge in [-0.05, 0) is 58.9 Å². The average Bonchev–Trinajstić information content (AvgIpc) is 3.19. The third-order valence-electron chi connectivity index (χ3n) is 7.81. The van der Waals surface area contributed by atoms with Crippen molar-refractivity contribution >= 4 is 75.9 Å². The van der Waals surface area contributed by atoms with E-state index in [1.807, 2.05) is 61.6 Å². The smallest absolute Gasteiger partial charge is 1.00 e. The number of hydrogen-bond acceptors (Lipinski definition) is 8. The van der Waals surface area contributed by atoms with Crippen LogP contribution in [-0.2, 0) is 47.1 Å². The van der Waals surface area contributed by atoms with Crippen LogP contribution in [0.3, 0.4) is 0 Å². The summed E-state index contributed by atoms with van der Waals surface area (Å²) in [6.45, 7) is 0.874. The van der Waals surface area contributed by atoms with Crippen molar-refractivity contribution in [3.8, 4) is 0 Å². The van der Waals surface area contributed by atoms with Crippen molar-refractivity contribution in [3.05, 3.63) is 157 Å². The Labute approximate surface area is 339 Å². The van der Waals surface area contributed by atoms with Crippen molar-refractivity contribution < 1.29 is 38.8 Å². The molecular weight excluding hydrogens is 821 g/mol. The average molecular weight is 860 g/mol. The van der Waals surface area contributed by atoms with Gasteiger partial charge in [0.2, 0.25) is 0 Å². The molecule has 0 bridgehead atoms. The molecular formula is C39H39BrCuN7OPS2. The number of ether oxygens (including phenoxy) is 1. The summed E-state index contributed by atoms with van der Waals surface area (Å²) >= 11 is 10.8. The molecule has 271 valence electrons. The zero-order valence-corrected chi connectivity index (χ0v) is 33.7. The van der Waals surface area contributed by atoms with E-state index < -0.39 is 7.26 Å². The van der Waals surface area contributed by atoms with E-state index in [0.717, 1.165) is 16.8 Å². The minimum absolute atomic E-state index is 0. The molecule has 0 heterocycles. The third-order valence-corrected chi connectivity index (χ3v) is 12.4. The normalized spacial score (nSPS) is 12.3. The van der Waals surface area contributed by atoms with Gasteiger partial charge < -0.3 is 62.9 Å². The maximum absolute atomic E-state index is 6.48. The zero-order chi connectivity index (χ0) is 35.0. The first-order valence-corrected chi connectivity index (χ1v) is 18.9. The number of benzene rings is 5. The number of amidine groups is 2. The second-order valence-electron chi connectivity index (χ2n) is 10.9. The van der Waals surface area contributed by atoms with Crippen LogP contribution in [0.15, 0.2) is 166 Å². The van der Waals surface area contributed by atoms with Crippen molar-refractivity contribution in [1.29, 1.82) is 0 Å². The summed E-state index contributed by atoms with van der Waals surface area (Å²) < 4.78 is 6.48. The minimum Gasteiger partial charge on any atom is -1.00 e. The minimum atomic E-state index is -2.11. The monoisotopic (exact) mass is 858 g/mol. The summed E-state index contributed by atoms with van der Waals surface area (Å²) in [6, 6.07) is 49.4. The van der Waals surface area contributed by atoms with E-state index in [1.54, 1.807) is 7.05 Å². The van der Waals surface area contributed by atoms with E-state index in [1.165, 1.54) is 15.9 Å². The van der Waals surface area contributed by atoms with Crippen molar-refractivity contribution in [2.75, 3.05) is 38.9 Å². The summed E-state index contributed by atoms with van der Waals surface area (Å²) in [7, 11) is 1.46. The molecule has 0 aromatic heterocycles. The van der Waals surface area contributed by atoms with Crippen LogP contribution in [0.2, 0.25) is 0 Å². The Morgan fingerprint density at radius 2 is 1.00 bits per heavy atom. The van der Waals surface area contributed by atoms with Crippen LogP contribution in [0.4, 0.5) is 5.69 Å². The van der Waals surface area contributed by atoms with Gasteiger partial charge in [-0.15, -0.1) is 10.2 Å².